The maximum atomic E-state index is 3.15. The van der Waals surface area contributed by atoms with Crippen molar-refractivity contribution < 1.29 is 0 Å². The van der Waals surface area contributed by atoms with Gasteiger partial charge in [0, 0.05) is 0 Å². The summed E-state index contributed by atoms with van der Waals surface area (Å²) in [5.41, 5.74) is 1.37. The van der Waals surface area contributed by atoms with E-state index < -0.39 is 0 Å². The predicted octanol–water partition coefficient (Wildman–Crippen LogP) is 0.459. The number of rotatable bonds is 2. The molecule has 52 valence electrons. The van der Waals surface area contributed by atoms with Gasteiger partial charge in [-0.15, -0.1) is 0 Å². The third kappa shape index (κ3) is 1.69. The lowest BCUT2D eigenvalue weighted by Crippen LogP contribution is -2.28. The molecule has 1 N–H and O–H groups in total. The highest BCUT2D eigenvalue weighted by Gasteiger charge is 1.94. The molecule has 0 fully saturated rings. The van der Waals surface area contributed by atoms with Crippen LogP contribution in [0.3, 0.4) is 0 Å². The fourth-order valence-electron chi connectivity index (χ4n) is 0.848. The molecule has 0 aliphatic heterocycles. The Labute approximate surface area is 64.4 Å². The first-order chi connectivity index (χ1) is 4.84. The van der Waals surface area contributed by atoms with Crippen molar-refractivity contribution >= 4 is 14.9 Å². The number of hydrogen-bond acceptors (Lipinski definition) is 1. The van der Waals surface area contributed by atoms with Gasteiger partial charge < -0.3 is 4.98 Å². The minimum Gasteiger partial charge on any atom is -0.338 e. The summed E-state index contributed by atoms with van der Waals surface area (Å²) in [6.45, 7) is 2.14. The minimum absolute atomic E-state index is 0.736. The molecule has 1 nitrogen and oxygen atoms in total. The lowest BCUT2D eigenvalue weighted by molar-refractivity contribution is 1.25. The fourth-order valence-corrected chi connectivity index (χ4v) is 1.58. The molecule has 1 aromatic rings. The topological polar surface area (TPSA) is 12.0 Å². The maximum Gasteiger partial charge on any atom is 0.179 e. The molecule has 0 bridgehead atoms. The Morgan fingerprint density at radius 1 is 1.30 bits per heavy atom. The zero-order valence-electron chi connectivity index (χ0n) is 6.31. The first-order valence-electron chi connectivity index (χ1n) is 3.33. The molecule has 10 heavy (non-hydrogen) atoms. The predicted molar refractivity (Wildman–Crippen MR) is 45.6 cm³/mol. The molecule has 1 rings (SSSR count). The summed E-state index contributed by atoms with van der Waals surface area (Å²) in [5, 5.41) is 1.41. The molecule has 0 atom stereocenters. The summed E-state index contributed by atoms with van der Waals surface area (Å²) < 4.78 is 0. The molecule has 0 unspecified atom stereocenters. The quantitative estimate of drug-likeness (QED) is 0.602. The average molecular weight is 149 g/mol. The van der Waals surface area contributed by atoms with Crippen LogP contribution in [0.25, 0.3) is 0 Å². The number of benzene rings is 1. The molecule has 0 saturated carbocycles. The van der Waals surface area contributed by atoms with Crippen LogP contribution in [0.5, 0.6) is 0 Å². The molecule has 0 saturated heterocycles. The summed E-state index contributed by atoms with van der Waals surface area (Å²) in [4.78, 5) is 3.15. The molecule has 0 aliphatic carbocycles. The molecule has 1 aromatic carbocycles. The van der Waals surface area contributed by atoms with E-state index in [0.717, 1.165) is 9.68 Å². The van der Waals surface area contributed by atoms with Crippen LogP contribution in [0, 0.1) is 6.92 Å². The van der Waals surface area contributed by atoms with Crippen molar-refractivity contribution in [2.24, 2.45) is 0 Å². The van der Waals surface area contributed by atoms with E-state index in [1.807, 2.05) is 7.05 Å². The first-order valence-corrected chi connectivity index (χ1v) is 4.33. The standard InChI is InChI=1S/C8H11NSi/c1-7-5-3-4-6-8(7)10-9-2/h3-6,9H,1-2H3. The van der Waals surface area contributed by atoms with Gasteiger partial charge in [0.15, 0.2) is 9.68 Å². The van der Waals surface area contributed by atoms with Crippen LogP contribution in [0.2, 0.25) is 0 Å². The lowest BCUT2D eigenvalue weighted by Gasteiger charge is -2.00. The van der Waals surface area contributed by atoms with Gasteiger partial charge in [0.1, 0.15) is 0 Å². The SMILES string of the molecule is CN[Si]c1ccccc1C. The zero-order valence-corrected chi connectivity index (χ0v) is 7.31. The number of aryl methyl sites for hydroxylation is 1. The Kier molecular flexibility index (Phi) is 2.65. The van der Waals surface area contributed by atoms with E-state index >= 15 is 0 Å². The molecule has 0 spiro atoms. The van der Waals surface area contributed by atoms with Crippen LogP contribution in [-0.2, 0) is 0 Å². The van der Waals surface area contributed by atoms with Crippen molar-refractivity contribution in [3.05, 3.63) is 29.8 Å². The van der Waals surface area contributed by atoms with Gasteiger partial charge in [-0.25, -0.2) is 0 Å². The van der Waals surface area contributed by atoms with Gasteiger partial charge in [0.2, 0.25) is 0 Å². The summed E-state index contributed by atoms with van der Waals surface area (Å²) in [7, 11) is 2.71. The monoisotopic (exact) mass is 149 g/mol. The van der Waals surface area contributed by atoms with E-state index in [4.69, 9.17) is 0 Å². The second-order valence-electron chi connectivity index (χ2n) is 2.19. The Hall–Kier alpha value is -0.603. The van der Waals surface area contributed by atoms with Gasteiger partial charge in [-0.3, -0.25) is 0 Å². The van der Waals surface area contributed by atoms with Crippen molar-refractivity contribution in [1.82, 2.24) is 4.98 Å². The largest absolute Gasteiger partial charge is 0.338 e. The van der Waals surface area contributed by atoms with Crippen LogP contribution in [0.1, 0.15) is 5.56 Å². The highest BCUT2D eigenvalue weighted by molar-refractivity contribution is 6.51. The molecule has 0 heterocycles. The van der Waals surface area contributed by atoms with Gasteiger partial charge in [0.05, 0.1) is 0 Å². The van der Waals surface area contributed by atoms with Crippen molar-refractivity contribution in [2.75, 3.05) is 7.05 Å². The molecular formula is C8H11NSi. The lowest BCUT2D eigenvalue weighted by atomic mass is 10.2. The third-order valence-electron chi connectivity index (χ3n) is 1.40. The number of hydrogen-bond donors (Lipinski definition) is 1. The van der Waals surface area contributed by atoms with Gasteiger partial charge in [-0.1, -0.05) is 29.8 Å². The Morgan fingerprint density at radius 2 is 2.00 bits per heavy atom. The summed E-state index contributed by atoms with van der Waals surface area (Å²) in [6.07, 6.45) is 0. The fraction of sp³-hybridized carbons (Fsp3) is 0.250. The highest BCUT2D eigenvalue weighted by atomic mass is 28.2. The van der Waals surface area contributed by atoms with E-state index in [9.17, 15) is 0 Å². The molecule has 0 amide bonds. The Morgan fingerprint density at radius 3 is 2.60 bits per heavy atom. The average Bonchev–Trinajstić information content (AvgIpc) is 1.94. The molecular weight excluding hydrogens is 138 g/mol. The Bertz CT molecular complexity index is 210. The van der Waals surface area contributed by atoms with E-state index in [2.05, 4.69) is 36.2 Å². The molecule has 2 radical (unpaired) electrons. The van der Waals surface area contributed by atoms with Crippen LogP contribution in [0.15, 0.2) is 24.3 Å². The third-order valence-corrected chi connectivity index (χ3v) is 2.49. The van der Waals surface area contributed by atoms with E-state index in [1.165, 1.54) is 10.8 Å². The normalized spacial score (nSPS) is 9.80. The smallest absolute Gasteiger partial charge is 0.179 e. The van der Waals surface area contributed by atoms with Crippen LogP contribution in [-0.4, -0.2) is 16.7 Å². The second kappa shape index (κ2) is 3.54. The van der Waals surface area contributed by atoms with Crippen molar-refractivity contribution in [1.29, 1.82) is 0 Å². The maximum absolute atomic E-state index is 3.15. The van der Waals surface area contributed by atoms with E-state index in [-0.39, 0.29) is 0 Å². The van der Waals surface area contributed by atoms with Gasteiger partial charge in [-0.2, -0.15) is 0 Å². The van der Waals surface area contributed by atoms with Crippen molar-refractivity contribution in [3.8, 4) is 0 Å². The summed E-state index contributed by atoms with van der Waals surface area (Å²) in [6, 6.07) is 8.44. The zero-order chi connectivity index (χ0) is 7.40. The minimum atomic E-state index is 0.736. The van der Waals surface area contributed by atoms with Gasteiger partial charge in [-0.05, 0) is 19.2 Å². The van der Waals surface area contributed by atoms with E-state index in [0.29, 0.717) is 0 Å². The molecule has 0 aliphatic rings. The molecule has 0 aromatic heterocycles. The Balaban J connectivity index is 2.81. The van der Waals surface area contributed by atoms with Crippen LogP contribution in [0.4, 0.5) is 0 Å². The highest BCUT2D eigenvalue weighted by Crippen LogP contribution is 1.90. The van der Waals surface area contributed by atoms with Crippen molar-refractivity contribution in [3.63, 3.8) is 0 Å². The number of nitrogens with one attached hydrogen (secondary N) is 1. The van der Waals surface area contributed by atoms with Crippen LogP contribution >= 0.6 is 0 Å². The summed E-state index contributed by atoms with van der Waals surface area (Å²) >= 11 is 0. The first kappa shape index (κ1) is 7.50. The van der Waals surface area contributed by atoms with Crippen LogP contribution < -0.4 is 10.2 Å². The second-order valence-corrected chi connectivity index (χ2v) is 3.48. The van der Waals surface area contributed by atoms with Gasteiger partial charge in [0.25, 0.3) is 0 Å². The van der Waals surface area contributed by atoms with E-state index in [1.54, 1.807) is 0 Å². The van der Waals surface area contributed by atoms with Gasteiger partial charge >= 0.3 is 0 Å². The van der Waals surface area contributed by atoms with Crippen molar-refractivity contribution in [2.45, 2.75) is 6.92 Å². The summed E-state index contributed by atoms with van der Waals surface area (Å²) in [5.74, 6) is 0. The molecule has 2 heteroatoms.